The molecule has 0 spiro atoms. The summed E-state index contributed by atoms with van der Waals surface area (Å²) in [5.41, 5.74) is 0.755. The molecule has 5 nitrogen and oxygen atoms in total. The van der Waals surface area contributed by atoms with Gasteiger partial charge in [0.2, 0.25) is 5.91 Å². The molecule has 1 aromatic carbocycles. The highest BCUT2D eigenvalue weighted by molar-refractivity contribution is 5.92. The molecule has 1 aliphatic rings. The minimum Gasteiger partial charge on any atom is -0.497 e. The summed E-state index contributed by atoms with van der Waals surface area (Å²) >= 11 is 0. The van der Waals surface area contributed by atoms with E-state index in [1.807, 2.05) is 25.1 Å². The summed E-state index contributed by atoms with van der Waals surface area (Å²) in [5, 5.41) is 2.88. The Bertz CT molecular complexity index is 436. The first-order valence-corrected chi connectivity index (χ1v) is 6.45. The van der Waals surface area contributed by atoms with Crippen LogP contribution in [0, 0.1) is 0 Å². The number of hydrogen-bond donors (Lipinski definition) is 1. The van der Waals surface area contributed by atoms with Gasteiger partial charge in [0.25, 0.3) is 0 Å². The summed E-state index contributed by atoms with van der Waals surface area (Å²) in [4.78, 5) is 14.1. The number of methoxy groups -OCH3 is 1. The average Bonchev–Trinajstić information content (AvgIpc) is 2.38. The molecule has 0 radical (unpaired) electrons. The van der Waals surface area contributed by atoms with Crippen LogP contribution in [0.3, 0.4) is 0 Å². The van der Waals surface area contributed by atoms with E-state index in [9.17, 15) is 4.79 Å². The van der Waals surface area contributed by atoms with Gasteiger partial charge >= 0.3 is 0 Å². The SMILES string of the molecule is COc1cccc(NC(=O)CN2CCOC(C)C2)c1. The van der Waals surface area contributed by atoms with Gasteiger partial charge in [-0.05, 0) is 19.1 Å². The molecule has 1 fully saturated rings. The molecule has 1 aliphatic heterocycles. The second-order valence-electron chi connectivity index (χ2n) is 4.70. The molecule has 19 heavy (non-hydrogen) atoms. The molecule has 0 saturated carbocycles. The maximum atomic E-state index is 12.0. The Kier molecular flexibility index (Phi) is 4.76. The van der Waals surface area contributed by atoms with E-state index in [-0.39, 0.29) is 12.0 Å². The van der Waals surface area contributed by atoms with Gasteiger partial charge in [-0.15, -0.1) is 0 Å². The number of anilines is 1. The van der Waals surface area contributed by atoms with E-state index in [2.05, 4.69) is 10.2 Å². The van der Waals surface area contributed by atoms with Crippen molar-refractivity contribution in [3.05, 3.63) is 24.3 Å². The summed E-state index contributed by atoms with van der Waals surface area (Å²) in [7, 11) is 1.61. The number of rotatable bonds is 4. The van der Waals surface area contributed by atoms with Crippen LogP contribution in [0.15, 0.2) is 24.3 Å². The van der Waals surface area contributed by atoms with Crippen LogP contribution in [-0.4, -0.2) is 50.3 Å². The largest absolute Gasteiger partial charge is 0.497 e. The summed E-state index contributed by atoms with van der Waals surface area (Å²) in [6, 6.07) is 7.35. The third-order valence-electron chi connectivity index (χ3n) is 3.05. The maximum absolute atomic E-state index is 12.0. The molecule has 0 aromatic heterocycles. The number of benzene rings is 1. The lowest BCUT2D eigenvalue weighted by atomic mass is 10.3. The minimum atomic E-state index is -0.0117. The van der Waals surface area contributed by atoms with Gasteiger partial charge in [0.1, 0.15) is 5.75 Å². The topological polar surface area (TPSA) is 50.8 Å². The van der Waals surface area contributed by atoms with Gasteiger partial charge in [-0.2, -0.15) is 0 Å². The van der Waals surface area contributed by atoms with Crippen LogP contribution >= 0.6 is 0 Å². The second kappa shape index (κ2) is 6.54. The molecule has 1 atom stereocenters. The van der Waals surface area contributed by atoms with Gasteiger partial charge in [-0.1, -0.05) is 6.07 Å². The van der Waals surface area contributed by atoms with Crippen LogP contribution in [0.1, 0.15) is 6.92 Å². The van der Waals surface area contributed by atoms with Gasteiger partial charge < -0.3 is 14.8 Å². The minimum absolute atomic E-state index is 0.0117. The molecule has 1 unspecified atom stereocenters. The van der Waals surface area contributed by atoms with Crippen molar-refractivity contribution in [3.8, 4) is 5.75 Å². The molecule has 0 bridgehead atoms. The van der Waals surface area contributed by atoms with Crippen molar-refractivity contribution < 1.29 is 14.3 Å². The van der Waals surface area contributed by atoms with E-state index in [1.165, 1.54) is 0 Å². The summed E-state index contributed by atoms with van der Waals surface area (Å²) in [5.74, 6) is 0.722. The lowest BCUT2D eigenvalue weighted by molar-refractivity contribution is -0.119. The standard InChI is InChI=1S/C14H20N2O3/c1-11-9-16(6-7-19-11)10-14(17)15-12-4-3-5-13(8-12)18-2/h3-5,8,11H,6-7,9-10H2,1-2H3,(H,15,17). The van der Waals surface area contributed by atoms with Crippen molar-refractivity contribution in [3.63, 3.8) is 0 Å². The molecule has 5 heteroatoms. The molecule has 1 N–H and O–H groups in total. The molecule has 0 aliphatic carbocycles. The lowest BCUT2D eigenvalue weighted by Gasteiger charge is -2.30. The van der Waals surface area contributed by atoms with E-state index in [0.29, 0.717) is 13.2 Å². The van der Waals surface area contributed by atoms with Gasteiger partial charge in [-0.3, -0.25) is 9.69 Å². The Morgan fingerprint density at radius 3 is 3.16 bits per heavy atom. The molecule has 1 amide bonds. The zero-order valence-corrected chi connectivity index (χ0v) is 11.4. The fraction of sp³-hybridized carbons (Fsp3) is 0.500. The van der Waals surface area contributed by atoms with Crippen LogP contribution in [0.5, 0.6) is 5.75 Å². The molecule has 104 valence electrons. The van der Waals surface area contributed by atoms with Gasteiger partial charge in [-0.25, -0.2) is 0 Å². The third-order valence-corrected chi connectivity index (χ3v) is 3.05. The number of morpholine rings is 1. The molecule has 2 rings (SSSR count). The summed E-state index contributed by atoms with van der Waals surface area (Å²) in [6.07, 6.45) is 0.193. The number of hydrogen-bond acceptors (Lipinski definition) is 4. The predicted molar refractivity (Wildman–Crippen MR) is 73.5 cm³/mol. The fourth-order valence-corrected chi connectivity index (χ4v) is 2.14. The number of nitrogens with one attached hydrogen (secondary N) is 1. The van der Waals surface area contributed by atoms with E-state index in [0.717, 1.165) is 24.5 Å². The van der Waals surface area contributed by atoms with Crippen LogP contribution in [0.4, 0.5) is 5.69 Å². The van der Waals surface area contributed by atoms with Gasteiger partial charge in [0.15, 0.2) is 0 Å². The van der Waals surface area contributed by atoms with Crippen LogP contribution < -0.4 is 10.1 Å². The van der Waals surface area contributed by atoms with Crippen molar-refractivity contribution in [2.45, 2.75) is 13.0 Å². The van der Waals surface area contributed by atoms with Crippen molar-refractivity contribution >= 4 is 11.6 Å². The van der Waals surface area contributed by atoms with E-state index < -0.39 is 0 Å². The van der Waals surface area contributed by atoms with E-state index >= 15 is 0 Å². The van der Waals surface area contributed by atoms with Crippen molar-refractivity contribution in [2.75, 3.05) is 38.7 Å². The zero-order valence-electron chi connectivity index (χ0n) is 11.4. The van der Waals surface area contributed by atoms with Crippen LogP contribution in [0.2, 0.25) is 0 Å². The van der Waals surface area contributed by atoms with E-state index in [4.69, 9.17) is 9.47 Å². The zero-order chi connectivity index (χ0) is 13.7. The Labute approximate surface area is 113 Å². The van der Waals surface area contributed by atoms with Crippen LogP contribution in [0.25, 0.3) is 0 Å². The Balaban J connectivity index is 1.86. The smallest absolute Gasteiger partial charge is 0.238 e. The molecular weight excluding hydrogens is 244 g/mol. The Morgan fingerprint density at radius 2 is 2.42 bits per heavy atom. The first kappa shape index (κ1) is 13.8. The highest BCUT2D eigenvalue weighted by atomic mass is 16.5. The number of nitrogens with zero attached hydrogens (tertiary/aromatic N) is 1. The number of ether oxygens (including phenoxy) is 2. The lowest BCUT2D eigenvalue weighted by Crippen LogP contribution is -2.44. The quantitative estimate of drug-likeness (QED) is 0.892. The maximum Gasteiger partial charge on any atom is 0.238 e. The summed E-state index contributed by atoms with van der Waals surface area (Å²) < 4.78 is 10.6. The highest BCUT2D eigenvalue weighted by Crippen LogP contribution is 2.16. The van der Waals surface area contributed by atoms with Crippen molar-refractivity contribution in [2.24, 2.45) is 0 Å². The molecular formula is C14H20N2O3. The monoisotopic (exact) mass is 264 g/mol. The van der Waals surface area contributed by atoms with Crippen LogP contribution in [-0.2, 0) is 9.53 Å². The van der Waals surface area contributed by atoms with Crippen molar-refractivity contribution in [1.82, 2.24) is 4.90 Å². The normalized spacial score (nSPS) is 20.0. The fourth-order valence-electron chi connectivity index (χ4n) is 2.14. The highest BCUT2D eigenvalue weighted by Gasteiger charge is 2.18. The van der Waals surface area contributed by atoms with Gasteiger partial charge in [0.05, 0.1) is 26.4 Å². The Morgan fingerprint density at radius 1 is 1.58 bits per heavy atom. The average molecular weight is 264 g/mol. The third kappa shape index (κ3) is 4.22. The van der Waals surface area contributed by atoms with E-state index in [1.54, 1.807) is 13.2 Å². The number of carbonyl (C=O) groups is 1. The molecule has 1 saturated heterocycles. The first-order chi connectivity index (χ1) is 9.17. The van der Waals surface area contributed by atoms with Gasteiger partial charge in [0, 0.05) is 24.8 Å². The predicted octanol–water partition coefficient (Wildman–Crippen LogP) is 1.35. The summed E-state index contributed by atoms with van der Waals surface area (Å²) in [6.45, 7) is 4.70. The number of carbonyl (C=O) groups excluding carboxylic acids is 1. The Hall–Kier alpha value is -1.59. The number of amides is 1. The van der Waals surface area contributed by atoms with Crippen molar-refractivity contribution in [1.29, 1.82) is 0 Å². The molecule has 1 aromatic rings. The second-order valence-corrected chi connectivity index (χ2v) is 4.70. The first-order valence-electron chi connectivity index (χ1n) is 6.45. The molecule has 1 heterocycles.